The molecule has 1 N–H and O–H groups in total. The molecule has 0 aliphatic heterocycles. The smallest absolute Gasteiger partial charge is 0.339 e. The van der Waals surface area contributed by atoms with Crippen molar-refractivity contribution in [1.82, 2.24) is 0 Å². The molecular formula is C28H46O8. The third-order valence-corrected chi connectivity index (χ3v) is 5.62. The number of rotatable bonds is 23. The molecule has 0 aliphatic rings. The summed E-state index contributed by atoms with van der Waals surface area (Å²) in [5, 5.41) is 9.25. The van der Waals surface area contributed by atoms with Crippen molar-refractivity contribution in [2.45, 2.75) is 91.0 Å². The van der Waals surface area contributed by atoms with Crippen LogP contribution >= 0.6 is 0 Å². The zero-order chi connectivity index (χ0) is 26.5. The van der Waals surface area contributed by atoms with E-state index in [4.69, 9.17) is 23.7 Å². The van der Waals surface area contributed by atoms with E-state index >= 15 is 0 Å². The zero-order valence-electron chi connectivity index (χ0n) is 22.4. The van der Waals surface area contributed by atoms with Crippen LogP contribution in [0.5, 0.6) is 0 Å². The number of hydrogen-bond acceptors (Lipinski definition) is 7. The standard InChI is InChI=1S/C28H46O8/c1-4-7-9-11-15-19-35-28(34-6-3,36-20-16-12-10-8-5-2)23-32-21-22-33-27(31)25-18-14-13-17-24(25)26(29)30/h13-14,17-18H,4-12,15-16,19-23H2,1-3H3,(H,29,30). The lowest BCUT2D eigenvalue weighted by Crippen LogP contribution is -2.45. The molecule has 0 saturated carbocycles. The number of carboxylic acids is 1. The minimum atomic E-state index is -1.30. The van der Waals surface area contributed by atoms with Crippen molar-refractivity contribution in [3.8, 4) is 0 Å². The second kappa shape index (κ2) is 20.1. The average Bonchev–Trinajstić information content (AvgIpc) is 2.88. The molecule has 0 atom stereocenters. The first-order valence-electron chi connectivity index (χ1n) is 13.5. The highest BCUT2D eigenvalue weighted by Gasteiger charge is 2.34. The third-order valence-electron chi connectivity index (χ3n) is 5.62. The highest BCUT2D eigenvalue weighted by atomic mass is 16.9. The molecule has 1 rings (SSSR count). The first kappa shape index (κ1) is 32.0. The van der Waals surface area contributed by atoms with E-state index in [1.54, 1.807) is 12.1 Å². The summed E-state index contributed by atoms with van der Waals surface area (Å²) < 4.78 is 29.0. The molecule has 0 radical (unpaired) electrons. The number of carbonyl (C=O) groups excluding carboxylic acids is 1. The van der Waals surface area contributed by atoms with Crippen molar-refractivity contribution in [2.24, 2.45) is 0 Å². The van der Waals surface area contributed by atoms with Crippen molar-refractivity contribution in [3.63, 3.8) is 0 Å². The highest BCUT2D eigenvalue weighted by Crippen LogP contribution is 2.19. The number of aromatic carboxylic acids is 1. The number of carboxylic acid groups (broad SMARTS) is 1. The molecule has 1 aromatic carbocycles. The summed E-state index contributed by atoms with van der Waals surface area (Å²) in [5.41, 5.74) is -0.0927. The molecule has 8 heteroatoms. The Morgan fingerprint density at radius 2 is 1.28 bits per heavy atom. The van der Waals surface area contributed by atoms with Gasteiger partial charge in [-0.3, -0.25) is 0 Å². The Balaban J connectivity index is 2.58. The lowest BCUT2D eigenvalue weighted by Gasteiger charge is -2.32. The second-order valence-electron chi connectivity index (χ2n) is 8.68. The minimum Gasteiger partial charge on any atom is -0.478 e. The summed E-state index contributed by atoms with van der Waals surface area (Å²) in [6.07, 6.45) is 11.1. The molecule has 0 saturated heterocycles. The Morgan fingerprint density at radius 1 is 0.722 bits per heavy atom. The van der Waals surface area contributed by atoms with E-state index in [0.717, 1.165) is 25.7 Å². The Labute approximate surface area is 216 Å². The van der Waals surface area contributed by atoms with Gasteiger partial charge < -0.3 is 28.8 Å². The van der Waals surface area contributed by atoms with Gasteiger partial charge >= 0.3 is 17.9 Å². The van der Waals surface area contributed by atoms with E-state index in [1.807, 2.05) is 6.92 Å². The van der Waals surface area contributed by atoms with Crippen LogP contribution in [0.2, 0.25) is 0 Å². The summed E-state index contributed by atoms with van der Waals surface area (Å²) in [7, 11) is 0. The average molecular weight is 511 g/mol. The lowest BCUT2D eigenvalue weighted by atomic mass is 10.1. The van der Waals surface area contributed by atoms with Crippen LogP contribution in [0.3, 0.4) is 0 Å². The summed E-state index contributed by atoms with van der Waals surface area (Å²) in [5.74, 6) is -3.19. The summed E-state index contributed by atoms with van der Waals surface area (Å²) >= 11 is 0. The van der Waals surface area contributed by atoms with Crippen LogP contribution < -0.4 is 0 Å². The predicted molar refractivity (Wildman–Crippen MR) is 138 cm³/mol. The molecule has 8 nitrogen and oxygen atoms in total. The number of unbranched alkanes of at least 4 members (excludes halogenated alkanes) is 8. The molecule has 0 fully saturated rings. The van der Waals surface area contributed by atoms with E-state index in [2.05, 4.69) is 13.8 Å². The van der Waals surface area contributed by atoms with Crippen LogP contribution in [0.15, 0.2) is 24.3 Å². The maximum absolute atomic E-state index is 12.3. The quantitative estimate of drug-likeness (QED) is 0.105. The van der Waals surface area contributed by atoms with Crippen LogP contribution in [-0.2, 0) is 23.7 Å². The van der Waals surface area contributed by atoms with Gasteiger partial charge in [-0.2, -0.15) is 0 Å². The largest absolute Gasteiger partial charge is 0.478 e. The zero-order valence-corrected chi connectivity index (χ0v) is 22.4. The van der Waals surface area contributed by atoms with Gasteiger partial charge in [0.2, 0.25) is 0 Å². The van der Waals surface area contributed by atoms with Gasteiger partial charge in [-0.25, -0.2) is 9.59 Å². The fourth-order valence-corrected chi connectivity index (χ4v) is 3.65. The molecule has 0 unspecified atom stereocenters. The van der Waals surface area contributed by atoms with Crippen LogP contribution in [0, 0.1) is 0 Å². The first-order valence-corrected chi connectivity index (χ1v) is 13.5. The van der Waals surface area contributed by atoms with Gasteiger partial charge in [-0.15, -0.1) is 0 Å². The molecule has 206 valence electrons. The second-order valence-corrected chi connectivity index (χ2v) is 8.68. The number of esters is 1. The normalized spacial score (nSPS) is 11.5. The molecule has 0 spiro atoms. The van der Waals surface area contributed by atoms with E-state index < -0.39 is 17.9 Å². The molecule has 0 aromatic heterocycles. The Kier molecular flexibility index (Phi) is 17.9. The molecule has 1 aromatic rings. The van der Waals surface area contributed by atoms with E-state index in [1.165, 1.54) is 50.7 Å². The number of benzene rings is 1. The monoisotopic (exact) mass is 510 g/mol. The predicted octanol–water partition coefficient (Wildman–Crippen LogP) is 6.22. The molecule has 0 amide bonds. The topological polar surface area (TPSA) is 101 Å². The first-order chi connectivity index (χ1) is 17.5. The minimum absolute atomic E-state index is 0.00600. The summed E-state index contributed by atoms with van der Waals surface area (Å²) in [6, 6.07) is 5.94. The Morgan fingerprint density at radius 3 is 1.81 bits per heavy atom. The number of carbonyl (C=O) groups is 2. The van der Waals surface area contributed by atoms with Crippen molar-refractivity contribution >= 4 is 11.9 Å². The van der Waals surface area contributed by atoms with Crippen molar-refractivity contribution < 1.29 is 38.4 Å². The maximum atomic E-state index is 12.3. The summed E-state index contributed by atoms with van der Waals surface area (Å²) in [6.45, 7) is 7.75. The van der Waals surface area contributed by atoms with E-state index in [9.17, 15) is 14.7 Å². The molecular weight excluding hydrogens is 464 g/mol. The van der Waals surface area contributed by atoms with Gasteiger partial charge in [-0.1, -0.05) is 77.3 Å². The third kappa shape index (κ3) is 13.3. The molecule has 0 bridgehead atoms. The Bertz CT molecular complexity index is 705. The van der Waals surface area contributed by atoms with Gasteiger partial charge in [0.25, 0.3) is 0 Å². The Hall–Kier alpha value is -2.00. The van der Waals surface area contributed by atoms with Gasteiger partial charge in [0.15, 0.2) is 0 Å². The van der Waals surface area contributed by atoms with Crippen molar-refractivity contribution in [1.29, 1.82) is 0 Å². The van der Waals surface area contributed by atoms with Crippen LogP contribution in [0.4, 0.5) is 0 Å². The van der Waals surface area contributed by atoms with Crippen LogP contribution in [0.25, 0.3) is 0 Å². The fraction of sp³-hybridized carbons (Fsp3) is 0.714. The van der Waals surface area contributed by atoms with Gasteiger partial charge in [0.1, 0.15) is 13.2 Å². The highest BCUT2D eigenvalue weighted by molar-refractivity contribution is 6.02. The van der Waals surface area contributed by atoms with Crippen molar-refractivity contribution in [2.75, 3.05) is 39.6 Å². The lowest BCUT2D eigenvalue weighted by molar-refractivity contribution is -0.394. The van der Waals surface area contributed by atoms with Gasteiger partial charge in [-0.05, 0) is 31.9 Å². The molecule has 36 heavy (non-hydrogen) atoms. The number of ether oxygens (including phenoxy) is 5. The van der Waals surface area contributed by atoms with Crippen molar-refractivity contribution in [3.05, 3.63) is 35.4 Å². The number of hydrogen-bond donors (Lipinski definition) is 1. The van der Waals surface area contributed by atoms with Gasteiger partial charge in [0, 0.05) is 6.61 Å². The van der Waals surface area contributed by atoms with Gasteiger partial charge in [0.05, 0.1) is 30.9 Å². The SMILES string of the molecule is CCCCCCCOC(COCCOC(=O)c1ccccc1C(=O)O)(OCC)OCCCCCCC. The molecule has 0 heterocycles. The van der Waals surface area contributed by atoms with Crippen LogP contribution in [0.1, 0.15) is 106 Å². The summed E-state index contributed by atoms with van der Waals surface area (Å²) in [4.78, 5) is 23.6. The van der Waals surface area contributed by atoms with Crippen LogP contribution in [-0.4, -0.2) is 62.7 Å². The fourth-order valence-electron chi connectivity index (χ4n) is 3.65. The van der Waals surface area contributed by atoms with E-state index in [-0.39, 0.29) is 30.9 Å². The van der Waals surface area contributed by atoms with E-state index in [0.29, 0.717) is 19.8 Å². The molecule has 0 aliphatic carbocycles. The maximum Gasteiger partial charge on any atom is 0.339 e.